The van der Waals surface area contributed by atoms with Crippen molar-refractivity contribution in [1.29, 1.82) is 0 Å². The maximum atomic E-state index is 4.20. The van der Waals surface area contributed by atoms with E-state index >= 15 is 0 Å². The van der Waals surface area contributed by atoms with Gasteiger partial charge in [0, 0.05) is 30.9 Å². The third-order valence-corrected chi connectivity index (χ3v) is 3.21. The largest absolute Gasteiger partial charge is 0.367 e. The highest BCUT2D eigenvalue weighted by Gasteiger charge is 2.53. The van der Waals surface area contributed by atoms with Gasteiger partial charge < -0.3 is 10.6 Å². The van der Waals surface area contributed by atoms with Gasteiger partial charge in [0.2, 0.25) is 0 Å². The molecule has 4 heteroatoms. The fourth-order valence-electron chi connectivity index (χ4n) is 2.34. The van der Waals surface area contributed by atoms with Gasteiger partial charge >= 0.3 is 0 Å². The Hall–Kier alpha value is -1.16. The monoisotopic (exact) mass is 190 g/mol. The minimum atomic E-state index is 0.644. The van der Waals surface area contributed by atoms with Crippen LogP contribution in [0.2, 0.25) is 0 Å². The molecule has 2 aliphatic rings. The number of rotatable bonds is 2. The van der Waals surface area contributed by atoms with Crippen molar-refractivity contribution in [2.24, 2.45) is 11.8 Å². The maximum absolute atomic E-state index is 4.20. The van der Waals surface area contributed by atoms with E-state index in [0.29, 0.717) is 6.04 Å². The fourth-order valence-corrected chi connectivity index (χ4v) is 2.34. The Morgan fingerprint density at radius 3 is 2.86 bits per heavy atom. The van der Waals surface area contributed by atoms with Crippen LogP contribution in [0.25, 0.3) is 0 Å². The summed E-state index contributed by atoms with van der Waals surface area (Å²) in [5, 5.41) is 6.84. The molecule has 1 saturated carbocycles. The van der Waals surface area contributed by atoms with Crippen LogP contribution in [0.5, 0.6) is 0 Å². The van der Waals surface area contributed by atoms with Crippen molar-refractivity contribution in [1.82, 2.24) is 15.3 Å². The summed E-state index contributed by atoms with van der Waals surface area (Å²) in [5.41, 5.74) is 1.02. The number of hydrogen-bond acceptors (Lipinski definition) is 4. The van der Waals surface area contributed by atoms with Crippen molar-refractivity contribution < 1.29 is 0 Å². The zero-order valence-electron chi connectivity index (χ0n) is 8.20. The van der Waals surface area contributed by atoms with Crippen molar-refractivity contribution in [3.63, 3.8) is 0 Å². The van der Waals surface area contributed by atoms with Crippen LogP contribution in [0, 0.1) is 18.8 Å². The second kappa shape index (κ2) is 2.92. The summed E-state index contributed by atoms with van der Waals surface area (Å²) in [6.45, 7) is 4.31. The first-order chi connectivity index (χ1) is 6.84. The normalized spacial score (nSPS) is 33.9. The molecule has 1 aliphatic heterocycles. The van der Waals surface area contributed by atoms with Crippen molar-refractivity contribution in [2.45, 2.75) is 13.0 Å². The first-order valence-electron chi connectivity index (χ1n) is 5.10. The molecular weight excluding hydrogens is 176 g/mol. The van der Waals surface area contributed by atoms with Crippen molar-refractivity contribution in [2.75, 3.05) is 18.4 Å². The van der Waals surface area contributed by atoms with Gasteiger partial charge in [-0.05, 0) is 18.8 Å². The Morgan fingerprint density at radius 2 is 2.14 bits per heavy atom. The summed E-state index contributed by atoms with van der Waals surface area (Å²) < 4.78 is 0. The molecule has 1 saturated heterocycles. The standard InChI is InChI=1S/C10H14N4/c1-6-2-9(13-5-12-6)14-10-7-3-11-4-8(7)10/h2,5,7-8,10-11H,3-4H2,1H3,(H,12,13,14). The summed E-state index contributed by atoms with van der Waals surface area (Å²) in [6.07, 6.45) is 1.62. The highest BCUT2D eigenvalue weighted by Crippen LogP contribution is 2.43. The molecule has 2 N–H and O–H groups in total. The Balaban J connectivity index is 1.68. The van der Waals surface area contributed by atoms with Crippen molar-refractivity contribution in [3.8, 4) is 0 Å². The predicted molar refractivity (Wildman–Crippen MR) is 54.0 cm³/mol. The number of fused-ring (bicyclic) bond motifs is 1. The van der Waals surface area contributed by atoms with Gasteiger partial charge in [-0.25, -0.2) is 9.97 Å². The lowest BCUT2D eigenvalue weighted by Gasteiger charge is -2.07. The molecule has 0 spiro atoms. The summed E-state index contributed by atoms with van der Waals surface area (Å²) >= 11 is 0. The van der Waals surface area contributed by atoms with Gasteiger partial charge in [0.15, 0.2) is 0 Å². The molecule has 74 valence electrons. The summed E-state index contributed by atoms with van der Waals surface area (Å²) in [6, 6.07) is 2.65. The highest BCUT2D eigenvalue weighted by atomic mass is 15.1. The van der Waals surface area contributed by atoms with Crippen LogP contribution in [-0.2, 0) is 0 Å². The molecule has 1 aromatic rings. The minimum absolute atomic E-state index is 0.644. The Morgan fingerprint density at radius 1 is 1.36 bits per heavy atom. The molecule has 1 aromatic heterocycles. The number of anilines is 1. The molecule has 0 amide bonds. The molecule has 3 rings (SSSR count). The smallest absolute Gasteiger partial charge is 0.129 e. The lowest BCUT2D eigenvalue weighted by molar-refractivity contribution is 0.695. The number of aryl methyl sites for hydroxylation is 1. The van der Waals surface area contributed by atoms with E-state index in [-0.39, 0.29) is 0 Å². The van der Waals surface area contributed by atoms with E-state index in [1.807, 2.05) is 13.0 Å². The molecule has 0 radical (unpaired) electrons. The molecule has 1 aliphatic carbocycles. The number of aromatic nitrogens is 2. The molecule has 0 aromatic carbocycles. The van der Waals surface area contributed by atoms with Crippen LogP contribution < -0.4 is 10.6 Å². The van der Waals surface area contributed by atoms with E-state index in [1.54, 1.807) is 6.33 Å². The molecule has 2 unspecified atom stereocenters. The minimum Gasteiger partial charge on any atom is -0.367 e. The molecule has 4 nitrogen and oxygen atoms in total. The SMILES string of the molecule is Cc1cc(NC2C3CNCC32)ncn1. The summed E-state index contributed by atoms with van der Waals surface area (Å²) in [7, 11) is 0. The molecule has 2 atom stereocenters. The predicted octanol–water partition coefficient (Wildman–Crippen LogP) is 0.415. The quantitative estimate of drug-likeness (QED) is 0.709. The summed E-state index contributed by atoms with van der Waals surface area (Å²) in [4.78, 5) is 8.28. The van der Waals surface area contributed by atoms with Gasteiger partial charge in [-0.3, -0.25) is 0 Å². The Labute approximate surface area is 83.1 Å². The van der Waals surface area contributed by atoms with Gasteiger partial charge in [0.05, 0.1) is 0 Å². The van der Waals surface area contributed by atoms with Crippen molar-refractivity contribution >= 4 is 5.82 Å². The first kappa shape index (κ1) is 8.17. The third kappa shape index (κ3) is 1.26. The third-order valence-electron chi connectivity index (χ3n) is 3.21. The molecule has 14 heavy (non-hydrogen) atoms. The van der Waals surface area contributed by atoms with E-state index in [2.05, 4.69) is 20.6 Å². The number of hydrogen-bond donors (Lipinski definition) is 2. The van der Waals surface area contributed by atoms with Crippen LogP contribution in [0.15, 0.2) is 12.4 Å². The van der Waals surface area contributed by atoms with Gasteiger partial charge in [-0.15, -0.1) is 0 Å². The van der Waals surface area contributed by atoms with Crippen LogP contribution in [0.4, 0.5) is 5.82 Å². The van der Waals surface area contributed by atoms with E-state index < -0.39 is 0 Å². The second-order valence-electron chi connectivity index (χ2n) is 4.20. The average Bonchev–Trinajstić information content (AvgIpc) is 2.62. The zero-order valence-corrected chi connectivity index (χ0v) is 8.20. The van der Waals surface area contributed by atoms with Gasteiger partial charge in [-0.2, -0.15) is 0 Å². The van der Waals surface area contributed by atoms with Crippen LogP contribution in [0.3, 0.4) is 0 Å². The van der Waals surface area contributed by atoms with E-state index in [4.69, 9.17) is 0 Å². The molecule has 2 heterocycles. The number of piperidine rings is 1. The van der Waals surface area contributed by atoms with Crippen LogP contribution >= 0.6 is 0 Å². The van der Waals surface area contributed by atoms with Gasteiger partial charge in [0.1, 0.15) is 12.1 Å². The zero-order chi connectivity index (χ0) is 9.54. The Kier molecular flexibility index (Phi) is 1.70. The number of nitrogens with zero attached hydrogens (tertiary/aromatic N) is 2. The van der Waals surface area contributed by atoms with E-state index in [9.17, 15) is 0 Å². The van der Waals surface area contributed by atoms with Crippen LogP contribution in [-0.4, -0.2) is 29.1 Å². The molecule has 0 bridgehead atoms. The summed E-state index contributed by atoms with van der Waals surface area (Å²) in [5.74, 6) is 2.62. The van der Waals surface area contributed by atoms with E-state index in [1.165, 1.54) is 0 Å². The van der Waals surface area contributed by atoms with Crippen molar-refractivity contribution in [3.05, 3.63) is 18.1 Å². The fraction of sp³-hybridized carbons (Fsp3) is 0.600. The highest BCUT2D eigenvalue weighted by molar-refractivity contribution is 5.39. The Bertz CT molecular complexity index is 342. The molecular formula is C10H14N4. The first-order valence-corrected chi connectivity index (χ1v) is 5.10. The molecule has 2 fully saturated rings. The van der Waals surface area contributed by atoms with Crippen LogP contribution in [0.1, 0.15) is 5.69 Å². The maximum Gasteiger partial charge on any atom is 0.129 e. The lowest BCUT2D eigenvalue weighted by Crippen LogP contribution is -2.21. The topological polar surface area (TPSA) is 49.8 Å². The average molecular weight is 190 g/mol. The lowest BCUT2D eigenvalue weighted by atomic mass is 10.4. The second-order valence-corrected chi connectivity index (χ2v) is 4.20. The number of nitrogens with one attached hydrogen (secondary N) is 2. The van der Waals surface area contributed by atoms with Gasteiger partial charge in [0.25, 0.3) is 0 Å². The van der Waals surface area contributed by atoms with E-state index in [0.717, 1.165) is 36.4 Å². The van der Waals surface area contributed by atoms with Gasteiger partial charge in [-0.1, -0.05) is 0 Å².